The Kier molecular flexibility index (Phi) is 4.33. The van der Waals surface area contributed by atoms with Gasteiger partial charge in [-0.25, -0.2) is 13.1 Å². The molecular formula is C13H10Cl2N4O2S2. The van der Waals surface area contributed by atoms with E-state index in [1.807, 2.05) is 6.92 Å². The highest BCUT2D eigenvalue weighted by Gasteiger charge is 2.22. The molecule has 3 aromatic heterocycles. The van der Waals surface area contributed by atoms with E-state index in [2.05, 4.69) is 14.8 Å². The third-order valence-corrected chi connectivity index (χ3v) is 6.03. The fraction of sp³-hybridized carbons (Fsp3) is 0.0769. The maximum absolute atomic E-state index is 12.5. The van der Waals surface area contributed by atoms with Crippen molar-refractivity contribution in [1.82, 2.24) is 14.8 Å². The van der Waals surface area contributed by atoms with Crippen molar-refractivity contribution in [3.63, 3.8) is 0 Å². The average Bonchev–Trinajstić information content (AvgIpc) is 3.05. The van der Waals surface area contributed by atoms with E-state index in [4.69, 9.17) is 23.2 Å². The quantitative estimate of drug-likeness (QED) is 0.738. The van der Waals surface area contributed by atoms with E-state index in [0.29, 0.717) is 10.0 Å². The van der Waals surface area contributed by atoms with E-state index in [1.165, 1.54) is 12.3 Å². The minimum Gasteiger partial charge on any atom is -0.276 e. The van der Waals surface area contributed by atoms with Gasteiger partial charge in [0.05, 0.1) is 28.1 Å². The van der Waals surface area contributed by atoms with Crippen molar-refractivity contribution in [1.29, 1.82) is 0 Å². The first-order valence-electron chi connectivity index (χ1n) is 6.30. The van der Waals surface area contributed by atoms with Crippen LogP contribution in [0.5, 0.6) is 0 Å². The van der Waals surface area contributed by atoms with Gasteiger partial charge in [-0.2, -0.15) is 5.10 Å². The molecule has 0 amide bonds. The fourth-order valence-corrected chi connectivity index (χ4v) is 5.13. The van der Waals surface area contributed by atoms with E-state index in [9.17, 15) is 8.42 Å². The Morgan fingerprint density at radius 1 is 1.30 bits per heavy atom. The van der Waals surface area contributed by atoms with Gasteiger partial charge in [0.2, 0.25) is 0 Å². The molecule has 120 valence electrons. The summed E-state index contributed by atoms with van der Waals surface area (Å²) in [7, 11) is -3.88. The van der Waals surface area contributed by atoms with Crippen LogP contribution in [0.15, 0.2) is 41.8 Å². The number of sulfonamides is 1. The lowest BCUT2D eigenvalue weighted by molar-refractivity contribution is 0.601. The van der Waals surface area contributed by atoms with Gasteiger partial charge in [0.25, 0.3) is 10.0 Å². The molecule has 0 spiro atoms. The number of pyridine rings is 1. The van der Waals surface area contributed by atoms with E-state index in [-0.39, 0.29) is 14.9 Å². The van der Waals surface area contributed by atoms with Gasteiger partial charge in [-0.15, -0.1) is 11.3 Å². The highest BCUT2D eigenvalue weighted by Crippen LogP contribution is 2.35. The van der Waals surface area contributed by atoms with Gasteiger partial charge >= 0.3 is 0 Å². The van der Waals surface area contributed by atoms with Gasteiger partial charge in [0.15, 0.2) is 0 Å². The van der Waals surface area contributed by atoms with Crippen LogP contribution in [0.3, 0.4) is 0 Å². The van der Waals surface area contributed by atoms with Gasteiger partial charge < -0.3 is 0 Å². The molecule has 10 heteroatoms. The monoisotopic (exact) mass is 388 g/mol. The number of anilines is 1. The van der Waals surface area contributed by atoms with Crippen LogP contribution in [0.4, 0.5) is 5.69 Å². The lowest BCUT2D eigenvalue weighted by Gasteiger charge is -2.11. The highest BCUT2D eigenvalue weighted by molar-refractivity contribution is 7.93. The normalized spacial score (nSPS) is 11.6. The third-order valence-electron chi connectivity index (χ3n) is 2.92. The molecule has 0 saturated heterocycles. The number of nitrogens with one attached hydrogen (secondary N) is 1. The van der Waals surface area contributed by atoms with Crippen LogP contribution >= 0.6 is 34.5 Å². The number of hydrogen-bond acceptors (Lipinski definition) is 5. The molecule has 0 aliphatic carbocycles. The maximum Gasteiger partial charge on any atom is 0.264 e. The predicted octanol–water partition coefficient (Wildman–Crippen LogP) is 3.74. The smallest absolute Gasteiger partial charge is 0.264 e. The number of halogens is 2. The van der Waals surface area contributed by atoms with Crippen LogP contribution in [0.2, 0.25) is 8.67 Å². The van der Waals surface area contributed by atoms with E-state index >= 15 is 0 Å². The molecule has 0 atom stereocenters. The van der Waals surface area contributed by atoms with Crippen LogP contribution in [0.1, 0.15) is 5.56 Å². The fourth-order valence-electron chi connectivity index (χ4n) is 1.92. The Morgan fingerprint density at radius 3 is 2.70 bits per heavy atom. The second kappa shape index (κ2) is 6.12. The van der Waals surface area contributed by atoms with Gasteiger partial charge in [-0.1, -0.05) is 23.2 Å². The Labute approximate surface area is 146 Å². The van der Waals surface area contributed by atoms with Gasteiger partial charge in [0, 0.05) is 12.4 Å². The molecule has 1 N–H and O–H groups in total. The Morgan fingerprint density at radius 2 is 2.09 bits per heavy atom. The number of rotatable bonds is 4. The average molecular weight is 389 g/mol. The minimum atomic E-state index is -3.88. The summed E-state index contributed by atoms with van der Waals surface area (Å²) in [6.45, 7) is 1.89. The van der Waals surface area contributed by atoms with Crippen molar-refractivity contribution in [3.8, 4) is 5.69 Å². The van der Waals surface area contributed by atoms with Crippen molar-refractivity contribution < 1.29 is 8.42 Å². The molecular weight excluding hydrogens is 379 g/mol. The number of thiophene rings is 1. The summed E-state index contributed by atoms with van der Waals surface area (Å²) < 4.78 is 29.5. The van der Waals surface area contributed by atoms with Crippen molar-refractivity contribution in [3.05, 3.63) is 51.2 Å². The van der Waals surface area contributed by atoms with E-state index in [1.54, 1.807) is 29.3 Å². The summed E-state index contributed by atoms with van der Waals surface area (Å²) in [5.41, 5.74) is 1.78. The summed E-state index contributed by atoms with van der Waals surface area (Å²) in [6.07, 6.45) is 6.42. The first kappa shape index (κ1) is 16.3. The topological polar surface area (TPSA) is 76.9 Å². The molecule has 0 aliphatic heterocycles. The lowest BCUT2D eigenvalue weighted by Crippen LogP contribution is -2.14. The van der Waals surface area contributed by atoms with Crippen molar-refractivity contribution in [2.75, 3.05) is 4.72 Å². The molecule has 0 radical (unpaired) electrons. The van der Waals surface area contributed by atoms with Crippen molar-refractivity contribution >= 4 is 50.2 Å². The zero-order chi connectivity index (χ0) is 16.6. The van der Waals surface area contributed by atoms with Gasteiger partial charge in [-0.05, 0) is 24.6 Å². The summed E-state index contributed by atoms with van der Waals surface area (Å²) in [6, 6.07) is 2.97. The Balaban J connectivity index is 2.02. The second-order valence-corrected chi connectivity index (χ2v) is 8.59. The second-order valence-electron chi connectivity index (χ2n) is 4.65. The number of aromatic nitrogens is 3. The van der Waals surface area contributed by atoms with E-state index in [0.717, 1.165) is 16.9 Å². The SMILES string of the molecule is Cc1cnn(-c2ccncc2NS(=O)(=O)c2cc(Cl)sc2Cl)c1. The van der Waals surface area contributed by atoms with Gasteiger partial charge in [-0.3, -0.25) is 9.71 Å². The molecule has 3 heterocycles. The number of nitrogens with zero attached hydrogens (tertiary/aromatic N) is 3. The molecule has 0 bridgehead atoms. The highest BCUT2D eigenvalue weighted by atomic mass is 35.5. The summed E-state index contributed by atoms with van der Waals surface area (Å²) >= 11 is 12.7. The molecule has 0 aliphatic rings. The largest absolute Gasteiger partial charge is 0.276 e. The standard InChI is InChI=1S/C13H10Cl2N4O2S2/c1-8-5-17-19(7-8)10-2-3-16-6-9(10)18-23(20,21)11-4-12(14)22-13(11)15/h2-7,18H,1H3. The predicted molar refractivity (Wildman–Crippen MR) is 91.2 cm³/mol. The molecule has 6 nitrogen and oxygen atoms in total. The third kappa shape index (κ3) is 3.35. The van der Waals surface area contributed by atoms with E-state index < -0.39 is 10.0 Å². The van der Waals surface area contributed by atoms with Crippen molar-refractivity contribution in [2.24, 2.45) is 0 Å². The Hall–Kier alpha value is -1.61. The minimum absolute atomic E-state index is 0.0689. The van der Waals surface area contributed by atoms with Crippen LogP contribution in [-0.2, 0) is 10.0 Å². The molecule has 0 unspecified atom stereocenters. The molecule has 0 aromatic carbocycles. The molecule has 3 rings (SSSR count). The zero-order valence-corrected chi connectivity index (χ0v) is 14.8. The van der Waals surface area contributed by atoms with Crippen LogP contribution in [-0.4, -0.2) is 23.2 Å². The van der Waals surface area contributed by atoms with Crippen molar-refractivity contribution in [2.45, 2.75) is 11.8 Å². The van der Waals surface area contributed by atoms with Crippen LogP contribution in [0, 0.1) is 6.92 Å². The molecule has 3 aromatic rings. The summed E-state index contributed by atoms with van der Waals surface area (Å²) in [5, 5.41) is 4.18. The summed E-state index contributed by atoms with van der Waals surface area (Å²) in [4.78, 5) is 3.89. The first-order valence-corrected chi connectivity index (χ1v) is 9.36. The number of aryl methyl sites for hydroxylation is 1. The molecule has 0 fully saturated rings. The summed E-state index contributed by atoms with van der Waals surface area (Å²) in [5.74, 6) is 0. The molecule has 0 saturated carbocycles. The first-order chi connectivity index (χ1) is 10.9. The zero-order valence-electron chi connectivity index (χ0n) is 11.7. The lowest BCUT2D eigenvalue weighted by atomic mass is 10.3. The maximum atomic E-state index is 12.5. The van der Waals surface area contributed by atoms with Crippen LogP contribution in [0.25, 0.3) is 5.69 Å². The Bertz CT molecular complexity index is 966. The van der Waals surface area contributed by atoms with Crippen LogP contribution < -0.4 is 4.72 Å². The number of hydrogen-bond donors (Lipinski definition) is 1. The molecule has 23 heavy (non-hydrogen) atoms. The van der Waals surface area contributed by atoms with Gasteiger partial charge in [0.1, 0.15) is 9.23 Å².